The zero-order valence-electron chi connectivity index (χ0n) is 8.52. The highest BCUT2D eigenvalue weighted by Crippen LogP contribution is 2.17. The second-order valence-electron chi connectivity index (χ2n) is 3.20. The quantitative estimate of drug-likeness (QED) is 0.936. The van der Waals surface area contributed by atoms with Crippen molar-refractivity contribution in [2.45, 2.75) is 13.2 Å². The van der Waals surface area contributed by atoms with Crippen LogP contribution in [0.4, 0.5) is 0 Å². The van der Waals surface area contributed by atoms with E-state index in [0.29, 0.717) is 18.9 Å². The topological polar surface area (TPSA) is 61.3 Å². The first kappa shape index (κ1) is 11.2. The molecule has 0 saturated heterocycles. The van der Waals surface area contributed by atoms with Gasteiger partial charge in [-0.3, -0.25) is 4.98 Å². The van der Waals surface area contributed by atoms with Gasteiger partial charge in [0.05, 0.1) is 12.7 Å². The summed E-state index contributed by atoms with van der Waals surface area (Å²) in [6.45, 7) is 0.774. The molecule has 2 heterocycles. The minimum Gasteiger partial charge on any atom is -0.484 e. The molecule has 0 bridgehead atoms. The standard InChI is InChI=1S/C11H11BrN2O2/c12-8-3-11(6-14-5-8)15-7-10-2-1-9(4-13)16-10/h1-3,5-6H,4,7,13H2. The van der Waals surface area contributed by atoms with Crippen LogP contribution < -0.4 is 10.5 Å². The number of halogens is 1. The maximum Gasteiger partial charge on any atom is 0.146 e. The second-order valence-corrected chi connectivity index (χ2v) is 4.12. The van der Waals surface area contributed by atoms with E-state index in [9.17, 15) is 0 Å². The molecule has 2 rings (SSSR count). The fourth-order valence-corrected chi connectivity index (χ4v) is 1.58. The van der Waals surface area contributed by atoms with Crippen LogP contribution in [0.1, 0.15) is 11.5 Å². The van der Waals surface area contributed by atoms with Gasteiger partial charge in [0.2, 0.25) is 0 Å². The number of hydrogen-bond donors (Lipinski definition) is 1. The molecule has 2 aromatic rings. The third kappa shape index (κ3) is 2.84. The number of nitrogens with zero attached hydrogens (tertiary/aromatic N) is 1. The van der Waals surface area contributed by atoms with Gasteiger partial charge in [-0.05, 0) is 34.1 Å². The lowest BCUT2D eigenvalue weighted by Gasteiger charge is -2.03. The van der Waals surface area contributed by atoms with E-state index < -0.39 is 0 Å². The predicted molar refractivity (Wildman–Crippen MR) is 62.9 cm³/mol. The average Bonchev–Trinajstić information content (AvgIpc) is 2.74. The van der Waals surface area contributed by atoms with Crippen molar-refractivity contribution in [1.82, 2.24) is 4.98 Å². The smallest absolute Gasteiger partial charge is 0.146 e. The first-order valence-corrected chi connectivity index (χ1v) is 5.58. The lowest BCUT2D eigenvalue weighted by atomic mass is 10.4. The predicted octanol–water partition coefficient (Wildman–Crippen LogP) is 2.47. The van der Waals surface area contributed by atoms with E-state index >= 15 is 0 Å². The number of rotatable bonds is 4. The zero-order valence-corrected chi connectivity index (χ0v) is 10.1. The van der Waals surface area contributed by atoms with Crippen LogP contribution >= 0.6 is 15.9 Å². The first-order valence-electron chi connectivity index (χ1n) is 4.79. The largest absolute Gasteiger partial charge is 0.484 e. The van der Waals surface area contributed by atoms with E-state index in [1.807, 2.05) is 18.2 Å². The number of ether oxygens (including phenoxy) is 1. The van der Waals surface area contributed by atoms with Crippen molar-refractivity contribution in [2.24, 2.45) is 5.73 Å². The number of furan rings is 1. The van der Waals surface area contributed by atoms with Crippen molar-refractivity contribution in [1.29, 1.82) is 0 Å². The molecule has 2 N–H and O–H groups in total. The van der Waals surface area contributed by atoms with Gasteiger partial charge in [0, 0.05) is 10.7 Å². The van der Waals surface area contributed by atoms with Crippen LogP contribution in [0, 0.1) is 0 Å². The van der Waals surface area contributed by atoms with Crippen LogP contribution in [0.3, 0.4) is 0 Å². The molecule has 0 spiro atoms. The van der Waals surface area contributed by atoms with Gasteiger partial charge in [0.25, 0.3) is 0 Å². The summed E-state index contributed by atoms with van der Waals surface area (Å²) in [5.74, 6) is 2.20. The van der Waals surface area contributed by atoms with E-state index in [-0.39, 0.29) is 0 Å². The summed E-state index contributed by atoms with van der Waals surface area (Å²) < 4.78 is 11.8. The lowest BCUT2D eigenvalue weighted by molar-refractivity contribution is 0.265. The van der Waals surface area contributed by atoms with Crippen molar-refractivity contribution in [3.05, 3.63) is 46.6 Å². The lowest BCUT2D eigenvalue weighted by Crippen LogP contribution is -1.95. The fourth-order valence-electron chi connectivity index (χ4n) is 1.24. The summed E-state index contributed by atoms with van der Waals surface area (Å²) in [7, 11) is 0. The van der Waals surface area contributed by atoms with Crippen molar-refractivity contribution >= 4 is 15.9 Å². The zero-order chi connectivity index (χ0) is 11.4. The minimum absolute atomic E-state index is 0.373. The molecular weight excluding hydrogens is 272 g/mol. The van der Waals surface area contributed by atoms with Crippen molar-refractivity contribution in [3.63, 3.8) is 0 Å². The SMILES string of the molecule is NCc1ccc(COc2cncc(Br)c2)o1. The Hall–Kier alpha value is -1.33. The molecule has 0 aromatic carbocycles. The molecule has 0 aliphatic carbocycles. The minimum atomic E-state index is 0.373. The van der Waals surface area contributed by atoms with Gasteiger partial charge in [0.1, 0.15) is 23.9 Å². The Labute approximate surface area is 102 Å². The fraction of sp³-hybridized carbons (Fsp3) is 0.182. The number of hydrogen-bond acceptors (Lipinski definition) is 4. The van der Waals surface area contributed by atoms with Crippen LogP contribution in [-0.4, -0.2) is 4.98 Å². The van der Waals surface area contributed by atoms with E-state index in [4.69, 9.17) is 14.9 Å². The van der Waals surface area contributed by atoms with Crippen LogP contribution in [-0.2, 0) is 13.2 Å². The second kappa shape index (κ2) is 5.14. The molecule has 0 fully saturated rings. The number of aromatic nitrogens is 1. The summed E-state index contributed by atoms with van der Waals surface area (Å²) >= 11 is 3.32. The molecule has 0 atom stereocenters. The van der Waals surface area contributed by atoms with E-state index in [1.54, 1.807) is 12.4 Å². The van der Waals surface area contributed by atoms with Crippen molar-refractivity contribution in [2.75, 3.05) is 0 Å². The van der Waals surface area contributed by atoms with Gasteiger partial charge in [-0.25, -0.2) is 0 Å². The van der Waals surface area contributed by atoms with Crippen molar-refractivity contribution < 1.29 is 9.15 Å². The summed E-state index contributed by atoms with van der Waals surface area (Å²) in [4.78, 5) is 4.00. The highest BCUT2D eigenvalue weighted by molar-refractivity contribution is 9.10. The monoisotopic (exact) mass is 282 g/mol. The number of nitrogens with two attached hydrogens (primary N) is 1. The van der Waals surface area contributed by atoms with Gasteiger partial charge in [-0.15, -0.1) is 0 Å². The van der Waals surface area contributed by atoms with Crippen LogP contribution in [0.15, 0.2) is 39.5 Å². The third-order valence-electron chi connectivity index (χ3n) is 1.98. The van der Waals surface area contributed by atoms with E-state index in [0.717, 1.165) is 16.0 Å². The molecule has 16 heavy (non-hydrogen) atoms. The molecule has 0 aliphatic rings. The molecule has 0 saturated carbocycles. The van der Waals surface area contributed by atoms with Gasteiger partial charge < -0.3 is 14.9 Å². The average molecular weight is 283 g/mol. The Kier molecular flexibility index (Phi) is 3.58. The molecule has 5 heteroatoms. The maximum absolute atomic E-state index is 5.50. The summed E-state index contributed by atoms with van der Waals surface area (Å²) in [5, 5.41) is 0. The molecule has 0 unspecified atom stereocenters. The summed E-state index contributed by atoms with van der Waals surface area (Å²) in [6, 6.07) is 5.55. The molecule has 4 nitrogen and oxygen atoms in total. The van der Waals surface area contributed by atoms with Gasteiger partial charge in [-0.2, -0.15) is 0 Å². The van der Waals surface area contributed by atoms with Crippen LogP contribution in [0.25, 0.3) is 0 Å². The summed E-state index contributed by atoms with van der Waals surface area (Å²) in [6.07, 6.45) is 3.35. The van der Waals surface area contributed by atoms with Crippen LogP contribution in [0.2, 0.25) is 0 Å². The maximum atomic E-state index is 5.50. The summed E-state index contributed by atoms with van der Waals surface area (Å²) in [5.41, 5.74) is 5.44. The van der Waals surface area contributed by atoms with Crippen LogP contribution in [0.5, 0.6) is 5.75 Å². The Morgan fingerprint density at radius 1 is 1.31 bits per heavy atom. The third-order valence-corrected chi connectivity index (χ3v) is 2.41. The Bertz CT molecular complexity index is 471. The van der Waals surface area contributed by atoms with Gasteiger partial charge in [-0.1, -0.05) is 0 Å². The first-order chi connectivity index (χ1) is 7.78. The molecular formula is C11H11BrN2O2. The Balaban J connectivity index is 1.96. The highest BCUT2D eigenvalue weighted by Gasteiger charge is 2.02. The van der Waals surface area contributed by atoms with Gasteiger partial charge in [0.15, 0.2) is 0 Å². The van der Waals surface area contributed by atoms with E-state index in [1.165, 1.54) is 0 Å². The Morgan fingerprint density at radius 3 is 2.81 bits per heavy atom. The Morgan fingerprint density at radius 2 is 2.12 bits per heavy atom. The molecule has 0 amide bonds. The molecule has 0 aliphatic heterocycles. The normalized spacial score (nSPS) is 10.4. The van der Waals surface area contributed by atoms with Gasteiger partial charge >= 0.3 is 0 Å². The number of pyridine rings is 1. The van der Waals surface area contributed by atoms with Crippen molar-refractivity contribution in [3.8, 4) is 5.75 Å². The van der Waals surface area contributed by atoms with E-state index in [2.05, 4.69) is 20.9 Å². The molecule has 0 radical (unpaired) electrons. The molecule has 2 aromatic heterocycles. The highest BCUT2D eigenvalue weighted by atomic mass is 79.9. The molecule has 84 valence electrons.